The van der Waals surface area contributed by atoms with E-state index in [-0.39, 0.29) is 11.5 Å². The van der Waals surface area contributed by atoms with E-state index in [2.05, 4.69) is 5.32 Å². The van der Waals surface area contributed by atoms with Gasteiger partial charge in [-0.15, -0.1) is 0 Å². The van der Waals surface area contributed by atoms with Gasteiger partial charge >= 0.3 is 5.97 Å². The minimum absolute atomic E-state index is 0.167. The van der Waals surface area contributed by atoms with Crippen molar-refractivity contribution in [3.63, 3.8) is 0 Å². The Bertz CT molecular complexity index is 889. The Kier molecular flexibility index (Phi) is 4.99. The molecule has 1 amide bonds. The number of carbonyl (C=O) groups excluding carboxylic acids is 1. The molecule has 1 aliphatic heterocycles. The van der Waals surface area contributed by atoms with Crippen LogP contribution in [0.1, 0.15) is 21.5 Å². The lowest BCUT2D eigenvalue weighted by Crippen LogP contribution is -2.25. The number of ether oxygens (including phenoxy) is 1. The van der Waals surface area contributed by atoms with Gasteiger partial charge in [-0.25, -0.2) is 4.79 Å². The summed E-state index contributed by atoms with van der Waals surface area (Å²) in [6.45, 7) is 0.333. The number of benzene rings is 2. The van der Waals surface area contributed by atoms with Crippen LogP contribution in [-0.2, 0) is 11.4 Å². The summed E-state index contributed by atoms with van der Waals surface area (Å²) in [6.07, 6.45) is 1.73. The molecule has 0 aliphatic carbocycles. The highest BCUT2D eigenvalue weighted by Crippen LogP contribution is 2.18. The molecule has 0 saturated carbocycles. The van der Waals surface area contributed by atoms with Crippen LogP contribution in [0.4, 0.5) is 0 Å². The van der Waals surface area contributed by atoms with E-state index < -0.39 is 5.97 Å². The van der Waals surface area contributed by atoms with Gasteiger partial charge in [0.2, 0.25) is 0 Å². The van der Waals surface area contributed by atoms with Crippen molar-refractivity contribution in [2.24, 2.45) is 0 Å². The Morgan fingerprint density at radius 2 is 1.85 bits per heavy atom. The molecule has 7 heteroatoms. The molecule has 1 saturated heterocycles. The van der Waals surface area contributed by atoms with Crippen molar-refractivity contribution in [1.82, 2.24) is 10.2 Å². The maximum absolute atomic E-state index is 12.0. The van der Waals surface area contributed by atoms with E-state index in [1.165, 1.54) is 4.90 Å². The van der Waals surface area contributed by atoms with Crippen molar-refractivity contribution in [3.05, 3.63) is 70.9 Å². The normalized spacial score (nSPS) is 15.3. The second kappa shape index (κ2) is 7.37. The summed E-state index contributed by atoms with van der Waals surface area (Å²) >= 11 is 5.04. The molecule has 2 N–H and O–H groups in total. The minimum atomic E-state index is -0.954. The number of thiocarbonyl (C=S) groups is 1. The summed E-state index contributed by atoms with van der Waals surface area (Å²) in [6, 6.07) is 13.8. The van der Waals surface area contributed by atoms with Crippen LogP contribution in [0, 0.1) is 0 Å². The molecule has 6 nitrogen and oxygen atoms in total. The molecule has 1 aliphatic rings. The highest BCUT2D eigenvalue weighted by atomic mass is 32.1. The predicted molar refractivity (Wildman–Crippen MR) is 101 cm³/mol. The molecule has 0 bridgehead atoms. The zero-order chi connectivity index (χ0) is 18.7. The zero-order valence-corrected chi connectivity index (χ0v) is 14.7. The lowest BCUT2D eigenvalue weighted by atomic mass is 10.1. The Morgan fingerprint density at radius 3 is 2.38 bits per heavy atom. The van der Waals surface area contributed by atoms with E-state index in [0.29, 0.717) is 23.2 Å². The van der Waals surface area contributed by atoms with E-state index >= 15 is 0 Å². The van der Waals surface area contributed by atoms with E-state index in [9.17, 15) is 9.59 Å². The number of nitrogens with zero attached hydrogens (tertiary/aromatic N) is 1. The van der Waals surface area contributed by atoms with Crippen LogP contribution in [0.2, 0.25) is 0 Å². The Hall–Kier alpha value is -3.19. The van der Waals surface area contributed by atoms with Gasteiger partial charge in [-0.3, -0.25) is 9.69 Å². The smallest absolute Gasteiger partial charge is 0.335 e. The number of carboxylic acids is 1. The molecule has 0 aromatic heterocycles. The second-order valence-electron chi connectivity index (χ2n) is 5.71. The minimum Gasteiger partial charge on any atom is -0.489 e. The van der Waals surface area contributed by atoms with Crippen molar-refractivity contribution >= 4 is 35.3 Å². The monoisotopic (exact) mass is 368 g/mol. The van der Waals surface area contributed by atoms with E-state index in [0.717, 1.165) is 11.1 Å². The van der Waals surface area contributed by atoms with Crippen molar-refractivity contribution in [3.8, 4) is 5.75 Å². The van der Waals surface area contributed by atoms with Crippen LogP contribution in [0.5, 0.6) is 5.75 Å². The number of rotatable bonds is 5. The average molecular weight is 368 g/mol. The van der Waals surface area contributed by atoms with Gasteiger partial charge in [-0.2, -0.15) is 0 Å². The summed E-state index contributed by atoms with van der Waals surface area (Å²) in [7, 11) is 1.62. The molecule has 26 heavy (non-hydrogen) atoms. The molecule has 132 valence electrons. The van der Waals surface area contributed by atoms with Gasteiger partial charge in [0.15, 0.2) is 5.11 Å². The Labute approximate surface area is 155 Å². The van der Waals surface area contributed by atoms with Crippen LogP contribution in [-0.4, -0.2) is 34.0 Å². The molecule has 3 rings (SSSR count). The largest absolute Gasteiger partial charge is 0.489 e. The summed E-state index contributed by atoms with van der Waals surface area (Å²) in [5.41, 5.74) is 2.40. The first kappa shape index (κ1) is 17.6. The quantitative estimate of drug-likeness (QED) is 0.624. The van der Waals surface area contributed by atoms with Gasteiger partial charge in [0.05, 0.1) is 5.56 Å². The number of aromatic carboxylic acids is 1. The van der Waals surface area contributed by atoms with E-state index in [1.807, 2.05) is 12.1 Å². The average Bonchev–Trinajstić information content (AvgIpc) is 2.88. The fourth-order valence-electron chi connectivity index (χ4n) is 2.36. The van der Waals surface area contributed by atoms with Gasteiger partial charge in [-0.05, 0) is 53.7 Å². The summed E-state index contributed by atoms with van der Waals surface area (Å²) in [5.74, 6) is -0.447. The molecule has 1 heterocycles. The topological polar surface area (TPSA) is 78.9 Å². The molecule has 2 aromatic carbocycles. The third kappa shape index (κ3) is 3.89. The molecular weight excluding hydrogens is 352 g/mol. The molecular formula is C19H16N2O4S. The molecule has 0 radical (unpaired) electrons. The standard InChI is InChI=1S/C19H16N2O4S/c1-21-17(22)16(20-19(21)26)10-12-4-8-15(9-5-12)25-11-13-2-6-14(7-3-13)18(23)24/h2-10H,11H2,1H3,(H,20,26)(H,23,24)/b16-10-. The Morgan fingerprint density at radius 1 is 1.19 bits per heavy atom. The number of likely N-dealkylation sites (N-methyl/N-ethyl adjacent to an activating group) is 1. The maximum atomic E-state index is 12.0. The molecule has 1 fully saturated rings. The number of nitrogens with one attached hydrogen (secondary N) is 1. The van der Waals surface area contributed by atoms with Crippen molar-refractivity contribution in [2.75, 3.05) is 7.05 Å². The highest BCUT2D eigenvalue weighted by molar-refractivity contribution is 7.80. The molecule has 2 aromatic rings. The SMILES string of the molecule is CN1C(=O)/C(=C/c2ccc(OCc3ccc(C(=O)O)cc3)cc2)NC1=S. The number of hydrogen-bond acceptors (Lipinski definition) is 4. The maximum Gasteiger partial charge on any atom is 0.335 e. The van der Waals surface area contributed by atoms with Crippen LogP contribution >= 0.6 is 12.2 Å². The van der Waals surface area contributed by atoms with Gasteiger partial charge < -0.3 is 15.2 Å². The number of hydrogen-bond donors (Lipinski definition) is 2. The summed E-state index contributed by atoms with van der Waals surface area (Å²) < 4.78 is 5.69. The fraction of sp³-hybridized carbons (Fsp3) is 0.105. The third-order valence-electron chi connectivity index (χ3n) is 3.88. The van der Waals surface area contributed by atoms with Crippen LogP contribution < -0.4 is 10.1 Å². The number of carbonyl (C=O) groups is 2. The number of amides is 1. The first-order valence-corrected chi connectivity index (χ1v) is 8.21. The predicted octanol–water partition coefficient (Wildman–Crippen LogP) is 2.65. The number of carboxylic acid groups (broad SMARTS) is 1. The van der Waals surface area contributed by atoms with Crippen molar-refractivity contribution < 1.29 is 19.4 Å². The van der Waals surface area contributed by atoms with E-state index in [1.54, 1.807) is 49.5 Å². The van der Waals surface area contributed by atoms with Gasteiger partial charge in [0.25, 0.3) is 5.91 Å². The van der Waals surface area contributed by atoms with Crippen molar-refractivity contribution in [2.45, 2.75) is 6.61 Å². The van der Waals surface area contributed by atoms with Gasteiger partial charge in [-0.1, -0.05) is 24.3 Å². The van der Waals surface area contributed by atoms with Crippen LogP contribution in [0.3, 0.4) is 0 Å². The van der Waals surface area contributed by atoms with Crippen molar-refractivity contribution in [1.29, 1.82) is 0 Å². The molecule has 0 unspecified atom stereocenters. The third-order valence-corrected chi connectivity index (χ3v) is 4.25. The zero-order valence-electron chi connectivity index (χ0n) is 13.9. The first-order chi connectivity index (χ1) is 12.4. The highest BCUT2D eigenvalue weighted by Gasteiger charge is 2.26. The molecule has 0 spiro atoms. The lowest BCUT2D eigenvalue weighted by molar-refractivity contribution is -0.121. The van der Waals surface area contributed by atoms with Crippen LogP contribution in [0.15, 0.2) is 54.2 Å². The van der Waals surface area contributed by atoms with E-state index in [4.69, 9.17) is 22.1 Å². The lowest BCUT2D eigenvalue weighted by Gasteiger charge is -2.07. The molecule has 0 atom stereocenters. The fourth-order valence-corrected chi connectivity index (χ4v) is 2.55. The van der Waals surface area contributed by atoms with Gasteiger partial charge in [0.1, 0.15) is 18.1 Å². The Balaban J connectivity index is 1.62. The summed E-state index contributed by atoms with van der Waals surface area (Å²) in [5, 5.41) is 12.1. The first-order valence-electron chi connectivity index (χ1n) is 7.80. The van der Waals surface area contributed by atoms with Crippen LogP contribution in [0.25, 0.3) is 6.08 Å². The second-order valence-corrected chi connectivity index (χ2v) is 6.10. The van der Waals surface area contributed by atoms with Gasteiger partial charge in [0, 0.05) is 7.05 Å². The summed E-state index contributed by atoms with van der Waals surface area (Å²) in [4.78, 5) is 24.2.